The van der Waals surface area contributed by atoms with E-state index in [0.29, 0.717) is 5.56 Å². The van der Waals surface area contributed by atoms with Gasteiger partial charge in [0.15, 0.2) is 5.78 Å². The zero-order chi connectivity index (χ0) is 12.8. The summed E-state index contributed by atoms with van der Waals surface area (Å²) in [6.07, 6.45) is 3.02. The van der Waals surface area contributed by atoms with E-state index in [1.807, 2.05) is 18.2 Å². The third-order valence-electron chi connectivity index (χ3n) is 2.39. The summed E-state index contributed by atoms with van der Waals surface area (Å²) in [6.45, 7) is 0. The molecule has 3 heteroatoms. The van der Waals surface area contributed by atoms with E-state index in [0.717, 1.165) is 5.69 Å². The van der Waals surface area contributed by atoms with E-state index in [1.165, 1.54) is 6.08 Å². The quantitative estimate of drug-likeness (QED) is 0.636. The third kappa shape index (κ3) is 3.22. The Kier molecular flexibility index (Phi) is 3.76. The molecular formula is C15H13NO2. The fourth-order valence-electron chi connectivity index (χ4n) is 1.51. The number of carbonyl (C=O) groups excluding carboxylic acids is 1. The van der Waals surface area contributed by atoms with Crippen molar-refractivity contribution in [1.82, 2.24) is 0 Å². The zero-order valence-corrected chi connectivity index (χ0v) is 9.71. The van der Waals surface area contributed by atoms with Crippen LogP contribution in [0, 0.1) is 0 Å². The van der Waals surface area contributed by atoms with E-state index in [1.54, 1.807) is 42.6 Å². The Morgan fingerprint density at radius 2 is 1.83 bits per heavy atom. The summed E-state index contributed by atoms with van der Waals surface area (Å²) in [6, 6.07) is 15.7. The third-order valence-corrected chi connectivity index (χ3v) is 2.39. The van der Waals surface area contributed by atoms with E-state index >= 15 is 0 Å². The Bertz CT molecular complexity index is 562. The van der Waals surface area contributed by atoms with Crippen LogP contribution in [0.1, 0.15) is 10.4 Å². The second-order valence-electron chi connectivity index (χ2n) is 3.76. The number of hydrogen-bond acceptors (Lipinski definition) is 3. The molecule has 2 N–H and O–H groups in total. The highest BCUT2D eigenvalue weighted by atomic mass is 16.3. The highest BCUT2D eigenvalue weighted by molar-refractivity contribution is 6.04. The number of rotatable bonds is 4. The molecule has 0 radical (unpaired) electrons. The van der Waals surface area contributed by atoms with E-state index in [2.05, 4.69) is 5.32 Å². The lowest BCUT2D eigenvalue weighted by atomic mass is 10.1. The van der Waals surface area contributed by atoms with Crippen LogP contribution in [-0.2, 0) is 0 Å². The van der Waals surface area contributed by atoms with Crippen molar-refractivity contribution in [2.24, 2.45) is 0 Å². The average molecular weight is 239 g/mol. The fraction of sp³-hybridized carbons (Fsp3) is 0. The van der Waals surface area contributed by atoms with Crippen LogP contribution in [0.3, 0.4) is 0 Å². The van der Waals surface area contributed by atoms with Crippen molar-refractivity contribution >= 4 is 11.5 Å². The van der Waals surface area contributed by atoms with Crippen LogP contribution in [0.5, 0.6) is 5.75 Å². The highest BCUT2D eigenvalue weighted by Gasteiger charge is 1.98. The maximum atomic E-state index is 11.7. The monoisotopic (exact) mass is 239 g/mol. The van der Waals surface area contributed by atoms with Gasteiger partial charge >= 0.3 is 0 Å². The lowest BCUT2D eigenvalue weighted by molar-refractivity contribution is 0.104. The lowest BCUT2D eigenvalue weighted by Crippen LogP contribution is -1.95. The molecule has 0 aliphatic heterocycles. The molecule has 2 aromatic carbocycles. The molecule has 0 aromatic heterocycles. The molecule has 0 saturated heterocycles. The van der Waals surface area contributed by atoms with Gasteiger partial charge in [-0.25, -0.2) is 0 Å². The number of aromatic hydroxyl groups is 1. The fourth-order valence-corrected chi connectivity index (χ4v) is 1.51. The summed E-state index contributed by atoms with van der Waals surface area (Å²) in [4.78, 5) is 11.7. The van der Waals surface area contributed by atoms with E-state index < -0.39 is 0 Å². The largest absolute Gasteiger partial charge is 0.508 e. The molecule has 0 unspecified atom stereocenters. The Hall–Kier alpha value is -2.55. The summed E-state index contributed by atoms with van der Waals surface area (Å²) >= 11 is 0. The van der Waals surface area contributed by atoms with Crippen molar-refractivity contribution < 1.29 is 9.90 Å². The number of ketones is 1. The van der Waals surface area contributed by atoms with Gasteiger partial charge in [0.05, 0.1) is 0 Å². The Balaban J connectivity index is 1.98. The van der Waals surface area contributed by atoms with Crippen molar-refractivity contribution in [3.63, 3.8) is 0 Å². The van der Waals surface area contributed by atoms with Crippen LogP contribution < -0.4 is 5.32 Å². The van der Waals surface area contributed by atoms with E-state index in [-0.39, 0.29) is 11.5 Å². The first kappa shape index (κ1) is 11.9. The van der Waals surface area contributed by atoms with Crippen LogP contribution >= 0.6 is 0 Å². The predicted molar refractivity (Wildman–Crippen MR) is 71.6 cm³/mol. The zero-order valence-electron chi connectivity index (χ0n) is 9.71. The van der Waals surface area contributed by atoms with Crippen LogP contribution in [0.15, 0.2) is 66.9 Å². The van der Waals surface area contributed by atoms with Gasteiger partial charge in [-0.15, -0.1) is 0 Å². The van der Waals surface area contributed by atoms with Gasteiger partial charge in [-0.2, -0.15) is 0 Å². The molecular weight excluding hydrogens is 226 g/mol. The molecule has 0 aliphatic rings. The molecule has 0 aliphatic carbocycles. The minimum absolute atomic E-state index is 0.0664. The second kappa shape index (κ2) is 5.68. The number of nitrogens with one attached hydrogen (secondary N) is 1. The maximum Gasteiger partial charge on any atom is 0.187 e. The molecule has 0 saturated carbocycles. The van der Waals surface area contributed by atoms with Gasteiger partial charge in [0.25, 0.3) is 0 Å². The van der Waals surface area contributed by atoms with Crippen molar-refractivity contribution in [2.45, 2.75) is 0 Å². The number of phenolic OH excluding ortho intramolecular Hbond substituents is 1. The molecule has 3 nitrogen and oxygen atoms in total. The number of carbonyl (C=O) groups is 1. The molecule has 2 aromatic rings. The maximum absolute atomic E-state index is 11.7. The first-order valence-electron chi connectivity index (χ1n) is 5.57. The summed E-state index contributed by atoms with van der Waals surface area (Å²) < 4.78 is 0. The first-order valence-corrected chi connectivity index (χ1v) is 5.57. The van der Waals surface area contributed by atoms with Crippen molar-refractivity contribution in [2.75, 3.05) is 5.32 Å². The summed E-state index contributed by atoms with van der Waals surface area (Å²) in [5.41, 5.74) is 1.37. The Morgan fingerprint density at radius 1 is 1.06 bits per heavy atom. The highest BCUT2D eigenvalue weighted by Crippen LogP contribution is 2.15. The summed E-state index contributed by atoms with van der Waals surface area (Å²) in [5.74, 6) is 0.117. The van der Waals surface area contributed by atoms with Gasteiger partial charge < -0.3 is 10.4 Å². The molecule has 0 atom stereocenters. The lowest BCUT2D eigenvalue weighted by Gasteiger charge is -2.00. The van der Waals surface area contributed by atoms with Gasteiger partial charge in [0, 0.05) is 29.6 Å². The van der Waals surface area contributed by atoms with Crippen molar-refractivity contribution in [3.05, 3.63) is 72.4 Å². The topological polar surface area (TPSA) is 49.3 Å². The average Bonchev–Trinajstić information content (AvgIpc) is 2.40. The van der Waals surface area contributed by atoms with Crippen molar-refractivity contribution in [1.29, 1.82) is 0 Å². The van der Waals surface area contributed by atoms with E-state index in [9.17, 15) is 9.90 Å². The van der Waals surface area contributed by atoms with Gasteiger partial charge in [-0.05, 0) is 12.1 Å². The number of anilines is 1. The minimum atomic E-state index is -0.0664. The molecule has 0 fully saturated rings. The molecule has 18 heavy (non-hydrogen) atoms. The predicted octanol–water partition coefficient (Wildman–Crippen LogP) is 3.20. The Labute approximate surface area is 105 Å². The van der Waals surface area contributed by atoms with Crippen molar-refractivity contribution in [3.8, 4) is 5.75 Å². The van der Waals surface area contributed by atoms with Gasteiger partial charge in [-0.3, -0.25) is 4.79 Å². The number of allylic oxidation sites excluding steroid dienone is 1. The van der Waals surface area contributed by atoms with Crippen LogP contribution in [-0.4, -0.2) is 10.9 Å². The van der Waals surface area contributed by atoms with Gasteiger partial charge in [-0.1, -0.05) is 36.4 Å². The van der Waals surface area contributed by atoms with Gasteiger partial charge in [0.1, 0.15) is 5.75 Å². The molecule has 0 bridgehead atoms. The van der Waals surface area contributed by atoms with Gasteiger partial charge in [0.2, 0.25) is 0 Å². The SMILES string of the molecule is O=C(C=CNc1cccc(O)c1)c1ccccc1. The normalized spacial score (nSPS) is 10.4. The molecule has 0 heterocycles. The van der Waals surface area contributed by atoms with Crippen LogP contribution in [0.25, 0.3) is 0 Å². The standard InChI is InChI=1S/C15H13NO2/c17-14-8-4-7-13(11-14)16-10-9-15(18)12-5-2-1-3-6-12/h1-11,16-17H. The van der Waals surface area contributed by atoms with Crippen LogP contribution in [0.2, 0.25) is 0 Å². The molecule has 0 amide bonds. The summed E-state index contributed by atoms with van der Waals surface area (Å²) in [7, 11) is 0. The molecule has 0 spiro atoms. The Morgan fingerprint density at radius 3 is 2.56 bits per heavy atom. The second-order valence-corrected chi connectivity index (χ2v) is 3.76. The first-order chi connectivity index (χ1) is 8.75. The smallest absolute Gasteiger partial charge is 0.187 e. The number of benzene rings is 2. The molecule has 90 valence electrons. The summed E-state index contributed by atoms with van der Waals surface area (Å²) in [5, 5.41) is 12.2. The van der Waals surface area contributed by atoms with E-state index in [4.69, 9.17) is 0 Å². The minimum Gasteiger partial charge on any atom is -0.508 e. The number of hydrogen-bond donors (Lipinski definition) is 2. The molecule has 2 rings (SSSR count). The number of phenols is 1. The van der Waals surface area contributed by atoms with Crippen LogP contribution in [0.4, 0.5) is 5.69 Å².